The van der Waals surface area contributed by atoms with E-state index in [9.17, 15) is 9.59 Å². The fourth-order valence-corrected chi connectivity index (χ4v) is 0.993. The third-order valence-corrected chi connectivity index (χ3v) is 1.27. The summed E-state index contributed by atoms with van der Waals surface area (Å²) in [6.07, 6.45) is 1.43. The zero-order valence-electron chi connectivity index (χ0n) is 8.76. The van der Waals surface area contributed by atoms with Crippen molar-refractivity contribution in [1.29, 1.82) is 0 Å². The summed E-state index contributed by atoms with van der Waals surface area (Å²) < 4.78 is 0. The molecule has 1 amide bonds. The molecule has 0 saturated carbocycles. The first-order chi connectivity index (χ1) is 5.37. The molecule has 0 radical (unpaired) electrons. The summed E-state index contributed by atoms with van der Waals surface area (Å²) in [6, 6.07) is 0. The topological polar surface area (TPSA) is 48.2 Å². The van der Waals surface area contributed by atoms with Gasteiger partial charge in [0.2, 0.25) is 0 Å². The van der Waals surface area contributed by atoms with Gasteiger partial charge in [0.1, 0.15) is 5.78 Å². The van der Waals surface area contributed by atoms with Gasteiger partial charge in [-0.1, -0.05) is 20.4 Å². The zero-order valence-corrected chi connectivity index (χ0v) is 10.8. The first-order valence-corrected chi connectivity index (χ1v) is 3.76. The Morgan fingerprint density at radius 3 is 2.23 bits per heavy atom. The van der Waals surface area contributed by atoms with Crippen LogP contribution in [0.5, 0.6) is 0 Å². The second-order valence-corrected chi connectivity index (χ2v) is 3.35. The molecule has 0 aliphatic carbocycles. The van der Waals surface area contributed by atoms with Crippen LogP contribution in [-0.2, 0) is 9.59 Å². The average molecular weight is 191 g/mol. The number of carbonyl (C=O) groups excluding carboxylic acids is 2. The predicted octanol–water partition coefficient (Wildman–Crippen LogP) is -1.17. The van der Waals surface area contributed by atoms with Gasteiger partial charge in [0, 0.05) is 0 Å². The molecule has 0 aromatic rings. The van der Waals surface area contributed by atoms with E-state index < -0.39 is 5.54 Å². The minimum atomic E-state index is -0.600. The SMILES string of the molecule is C=CC(=O)[N-]C(C)(C)CC(C)=O.[Na+]. The first-order valence-electron chi connectivity index (χ1n) is 3.76. The molecule has 0 N–H and O–H groups in total. The number of rotatable bonds is 4. The van der Waals surface area contributed by atoms with Crippen LogP contribution in [0, 0.1) is 0 Å². The van der Waals surface area contributed by atoms with Gasteiger partial charge >= 0.3 is 29.6 Å². The van der Waals surface area contributed by atoms with E-state index in [1.165, 1.54) is 6.92 Å². The van der Waals surface area contributed by atoms with Crippen molar-refractivity contribution in [1.82, 2.24) is 0 Å². The van der Waals surface area contributed by atoms with E-state index in [2.05, 4.69) is 11.9 Å². The van der Waals surface area contributed by atoms with Crippen molar-refractivity contribution in [2.24, 2.45) is 0 Å². The minimum absolute atomic E-state index is 0. The molecular weight excluding hydrogens is 177 g/mol. The summed E-state index contributed by atoms with van der Waals surface area (Å²) in [6.45, 7) is 8.27. The van der Waals surface area contributed by atoms with Crippen molar-refractivity contribution in [2.75, 3.05) is 0 Å². The molecule has 0 fully saturated rings. The Morgan fingerprint density at radius 2 is 1.92 bits per heavy atom. The first kappa shape index (κ1) is 15.4. The number of ketones is 1. The van der Waals surface area contributed by atoms with Crippen molar-refractivity contribution >= 4 is 11.7 Å². The quantitative estimate of drug-likeness (QED) is 0.415. The fraction of sp³-hybridized carbons (Fsp3) is 0.556. The van der Waals surface area contributed by atoms with Gasteiger partial charge in [-0.25, -0.2) is 0 Å². The zero-order chi connectivity index (χ0) is 9.78. The Morgan fingerprint density at radius 1 is 1.46 bits per heavy atom. The van der Waals surface area contributed by atoms with Crippen LogP contribution in [0.15, 0.2) is 12.7 Å². The molecule has 0 saturated heterocycles. The van der Waals surface area contributed by atoms with E-state index in [1.807, 2.05) is 0 Å². The monoisotopic (exact) mass is 191 g/mol. The number of hydrogen-bond acceptors (Lipinski definition) is 2. The summed E-state index contributed by atoms with van der Waals surface area (Å²) in [5, 5.41) is 3.79. The van der Waals surface area contributed by atoms with Gasteiger partial charge in [0.25, 0.3) is 0 Å². The van der Waals surface area contributed by atoms with E-state index in [0.717, 1.165) is 6.08 Å². The van der Waals surface area contributed by atoms with Crippen molar-refractivity contribution in [3.8, 4) is 0 Å². The molecule has 4 heteroatoms. The van der Waals surface area contributed by atoms with Crippen molar-refractivity contribution in [2.45, 2.75) is 32.7 Å². The molecule has 0 heterocycles. The fourth-order valence-electron chi connectivity index (χ4n) is 0.993. The van der Waals surface area contributed by atoms with Crippen LogP contribution >= 0.6 is 0 Å². The van der Waals surface area contributed by atoms with Crippen molar-refractivity contribution in [3.05, 3.63) is 18.0 Å². The van der Waals surface area contributed by atoms with Gasteiger partial charge < -0.3 is 14.9 Å². The van der Waals surface area contributed by atoms with E-state index >= 15 is 0 Å². The van der Waals surface area contributed by atoms with Gasteiger partial charge in [-0.05, 0) is 19.4 Å². The maximum Gasteiger partial charge on any atom is 1.00 e. The van der Waals surface area contributed by atoms with Crippen molar-refractivity contribution < 1.29 is 39.1 Å². The molecule has 0 spiro atoms. The standard InChI is InChI=1S/C9H15NO2.Na/c1-5-8(12)10-9(3,4)6-7(2)11;/h5H,1,6H2,2-4H3,(H,10,12);/q;+1/p-1. The number of hydrogen-bond donors (Lipinski definition) is 0. The number of carbonyl (C=O) groups is 2. The molecule has 68 valence electrons. The predicted molar refractivity (Wildman–Crippen MR) is 47.9 cm³/mol. The summed E-state index contributed by atoms with van der Waals surface area (Å²) in [5.74, 6) is -0.345. The Bertz CT molecular complexity index is 212. The molecule has 0 atom stereocenters. The maximum absolute atomic E-state index is 10.8. The summed E-state index contributed by atoms with van der Waals surface area (Å²) in [4.78, 5) is 21.5. The average Bonchev–Trinajstić information content (AvgIpc) is 1.83. The maximum atomic E-state index is 10.8. The molecule has 0 aromatic carbocycles. The van der Waals surface area contributed by atoms with Crippen LogP contribution < -0.4 is 29.6 Å². The number of amides is 1. The Hall–Kier alpha value is -0.120. The van der Waals surface area contributed by atoms with Crippen LogP contribution in [0.4, 0.5) is 0 Å². The molecule has 0 rings (SSSR count). The molecule has 13 heavy (non-hydrogen) atoms. The largest absolute Gasteiger partial charge is 1.00 e. The molecule has 3 nitrogen and oxygen atoms in total. The van der Waals surface area contributed by atoms with E-state index in [1.54, 1.807) is 13.8 Å². The Kier molecular flexibility index (Phi) is 7.50. The third-order valence-electron chi connectivity index (χ3n) is 1.27. The van der Waals surface area contributed by atoms with Gasteiger partial charge in [0.05, 0.1) is 5.91 Å². The van der Waals surface area contributed by atoms with Crippen LogP contribution in [0.25, 0.3) is 5.32 Å². The van der Waals surface area contributed by atoms with Crippen LogP contribution in [0.1, 0.15) is 27.2 Å². The molecule has 0 aliphatic rings. The number of nitrogens with zero attached hydrogens (tertiary/aromatic N) is 1. The molecule has 0 unspecified atom stereocenters. The van der Waals surface area contributed by atoms with E-state index in [4.69, 9.17) is 0 Å². The normalized spacial score (nSPS) is 9.77. The molecular formula is C9H14NNaO2. The third kappa shape index (κ3) is 8.22. The molecule has 0 bridgehead atoms. The second-order valence-electron chi connectivity index (χ2n) is 3.35. The van der Waals surface area contributed by atoms with Crippen LogP contribution in [0.3, 0.4) is 0 Å². The minimum Gasteiger partial charge on any atom is -0.644 e. The summed E-state index contributed by atoms with van der Waals surface area (Å²) in [7, 11) is 0. The van der Waals surface area contributed by atoms with Gasteiger partial charge in [-0.15, -0.1) is 5.54 Å². The molecule has 0 aromatic heterocycles. The Balaban J connectivity index is 0. The van der Waals surface area contributed by atoms with Crippen LogP contribution in [-0.4, -0.2) is 17.2 Å². The van der Waals surface area contributed by atoms with E-state index in [0.29, 0.717) is 0 Å². The number of Topliss-reactive ketones (excluding diaryl/α,β-unsaturated/α-hetero) is 1. The van der Waals surface area contributed by atoms with Crippen molar-refractivity contribution in [3.63, 3.8) is 0 Å². The van der Waals surface area contributed by atoms with Gasteiger partial charge in [-0.2, -0.15) is 0 Å². The smallest absolute Gasteiger partial charge is 0.644 e. The summed E-state index contributed by atoms with van der Waals surface area (Å²) in [5.41, 5.74) is -0.600. The summed E-state index contributed by atoms with van der Waals surface area (Å²) >= 11 is 0. The van der Waals surface area contributed by atoms with E-state index in [-0.39, 0.29) is 47.7 Å². The molecule has 0 aliphatic heterocycles. The van der Waals surface area contributed by atoms with Gasteiger partial charge in [-0.3, -0.25) is 0 Å². The van der Waals surface area contributed by atoms with Crippen LogP contribution in [0.2, 0.25) is 0 Å². The second kappa shape index (κ2) is 6.35. The Labute approximate surface area is 101 Å². The van der Waals surface area contributed by atoms with Gasteiger partial charge in [0.15, 0.2) is 0 Å².